The zero-order valence-electron chi connectivity index (χ0n) is 12.5. The summed E-state index contributed by atoms with van der Waals surface area (Å²) in [5.41, 5.74) is 0. The van der Waals surface area contributed by atoms with Gasteiger partial charge in [0.1, 0.15) is 5.75 Å². The van der Waals surface area contributed by atoms with Gasteiger partial charge in [0.25, 0.3) is 0 Å². The van der Waals surface area contributed by atoms with Crippen LogP contribution in [0, 0.1) is 5.92 Å². The highest BCUT2D eigenvalue weighted by molar-refractivity contribution is 7.89. The maximum Gasteiger partial charge on any atom is 0.241 e. The predicted octanol–water partition coefficient (Wildman–Crippen LogP) is 3.40. The average molecular weight is 319 g/mol. The Labute approximate surface area is 131 Å². The van der Waals surface area contributed by atoms with Crippen molar-refractivity contribution in [3.8, 4) is 5.75 Å². The molecule has 1 fully saturated rings. The second-order valence-electron chi connectivity index (χ2n) is 5.98. The van der Waals surface area contributed by atoms with E-state index in [-0.39, 0.29) is 10.6 Å². The van der Waals surface area contributed by atoms with Crippen molar-refractivity contribution in [2.75, 3.05) is 6.54 Å². The summed E-state index contributed by atoms with van der Waals surface area (Å²) in [6.45, 7) is 0.498. The summed E-state index contributed by atoms with van der Waals surface area (Å²) >= 11 is 0. The van der Waals surface area contributed by atoms with Crippen LogP contribution < -0.4 is 4.72 Å². The number of aromatic hydroxyl groups is 1. The Balaban J connectivity index is 1.87. The molecular formula is C17H21NO3S. The number of hydrogen-bond acceptors (Lipinski definition) is 3. The van der Waals surface area contributed by atoms with Gasteiger partial charge in [0, 0.05) is 17.3 Å². The first kappa shape index (κ1) is 15.3. The standard InChI is InChI=1S/C17H21NO3S/c19-16-10-4-9-15-14(16)8-5-11-17(15)22(20,21)18-12-13-6-2-1-3-7-13/h4-5,8-11,13,18-19H,1-3,6-7,12H2. The van der Waals surface area contributed by atoms with Gasteiger partial charge in [-0.1, -0.05) is 43.5 Å². The Hall–Kier alpha value is -1.59. The lowest BCUT2D eigenvalue weighted by molar-refractivity contribution is 0.357. The molecule has 0 bridgehead atoms. The summed E-state index contributed by atoms with van der Waals surface area (Å²) in [6.07, 6.45) is 5.83. The van der Waals surface area contributed by atoms with Gasteiger partial charge in [-0.25, -0.2) is 13.1 Å². The molecule has 22 heavy (non-hydrogen) atoms. The van der Waals surface area contributed by atoms with E-state index in [1.165, 1.54) is 19.3 Å². The SMILES string of the molecule is O=S(=O)(NCC1CCCCC1)c1cccc2c(O)cccc12. The highest BCUT2D eigenvalue weighted by Gasteiger charge is 2.21. The highest BCUT2D eigenvalue weighted by atomic mass is 32.2. The quantitative estimate of drug-likeness (QED) is 0.907. The molecule has 0 atom stereocenters. The van der Waals surface area contributed by atoms with Crippen LogP contribution in [0.15, 0.2) is 41.3 Å². The number of hydrogen-bond donors (Lipinski definition) is 2. The molecule has 1 aliphatic rings. The van der Waals surface area contributed by atoms with Gasteiger partial charge in [0.15, 0.2) is 0 Å². The van der Waals surface area contributed by atoms with E-state index in [0.29, 0.717) is 23.2 Å². The largest absolute Gasteiger partial charge is 0.507 e. The van der Waals surface area contributed by atoms with Crippen LogP contribution in [0.3, 0.4) is 0 Å². The Bertz CT molecular complexity index is 765. The van der Waals surface area contributed by atoms with Gasteiger partial charge in [-0.2, -0.15) is 0 Å². The monoisotopic (exact) mass is 319 g/mol. The van der Waals surface area contributed by atoms with Crippen molar-refractivity contribution in [2.45, 2.75) is 37.0 Å². The number of phenolic OH excluding ortho intramolecular Hbond substituents is 1. The maximum atomic E-state index is 12.6. The number of nitrogens with one attached hydrogen (secondary N) is 1. The smallest absolute Gasteiger partial charge is 0.241 e. The fourth-order valence-electron chi connectivity index (χ4n) is 3.20. The third-order valence-corrected chi connectivity index (χ3v) is 5.92. The molecule has 1 aliphatic carbocycles. The highest BCUT2D eigenvalue weighted by Crippen LogP contribution is 2.29. The molecular weight excluding hydrogens is 298 g/mol. The second-order valence-corrected chi connectivity index (χ2v) is 7.72. The molecule has 0 amide bonds. The molecule has 0 saturated heterocycles. The van der Waals surface area contributed by atoms with Crippen molar-refractivity contribution in [3.63, 3.8) is 0 Å². The normalized spacial score (nSPS) is 16.9. The molecule has 2 N–H and O–H groups in total. The first-order valence-electron chi connectivity index (χ1n) is 7.78. The zero-order chi connectivity index (χ0) is 15.6. The van der Waals surface area contributed by atoms with Gasteiger partial charge in [0.05, 0.1) is 4.90 Å². The summed E-state index contributed by atoms with van der Waals surface area (Å²) in [5.74, 6) is 0.536. The van der Waals surface area contributed by atoms with Gasteiger partial charge in [-0.15, -0.1) is 0 Å². The van der Waals surface area contributed by atoms with Crippen molar-refractivity contribution in [1.82, 2.24) is 4.72 Å². The summed E-state index contributed by atoms with van der Waals surface area (Å²) in [7, 11) is -3.56. The fraction of sp³-hybridized carbons (Fsp3) is 0.412. The van der Waals surface area contributed by atoms with Crippen molar-refractivity contribution in [1.29, 1.82) is 0 Å². The Morgan fingerprint density at radius 1 is 1.00 bits per heavy atom. The molecule has 0 unspecified atom stereocenters. The minimum Gasteiger partial charge on any atom is -0.507 e. The molecule has 0 heterocycles. The zero-order valence-corrected chi connectivity index (χ0v) is 13.3. The lowest BCUT2D eigenvalue weighted by Gasteiger charge is -2.21. The molecule has 0 spiro atoms. The van der Waals surface area contributed by atoms with Crippen LogP contribution in [-0.4, -0.2) is 20.1 Å². The molecule has 0 radical (unpaired) electrons. The van der Waals surface area contributed by atoms with Crippen molar-refractivity contribution in [3.05, 3.63) is 36.4 Å². The van der Waals surface area contributed by atoms with E-state index in [1.807, 2.05) is 0 Å². The van der Waals surface area contributed by atoms with Crippen LogP contribution in [-0.2, 0) is 10.0 Å². The van der Waals surface area contributed by atoms with Crippen LogP contribution in [0.4, 0.5) is 0 Å². The lowest BCUT2D eigenvalue weighted by atomic mass is 9.90. The maximum absolute atomic E-state index is 12.6. The molecule has 1 saturated carbocycles. The van der Waals surface area contributed by atoms with E-state index in [0.717, 1.165) is 12.8 Å². The molecule has 118 valence electrons. The van der Waals surface area contributed by atoms with Gasteiger partial charge < -0.3 is 5.11 Å². The topological polar surface area (TPSA) is 66.4 Å². The Morgan fingerprint density at radius 2 is 1.68 bits per heavy atom. The Kier molecular flexibility index (Phi) is 4.36. The van der Waals surface area contributed by atoms with Crippen LogP contribution in [0.25, 0.3) is 10.8 Å². The molecule has 3 rings (SSSR count). The summed E-state index contributed by atoms with van der Waals surface area (Å²) in [4.78, 5) is 0.233. The minimum absolute atomic E-state index is 0.0989. The van der Waals surface area contributed by atoms with E-state index in [4.69, 9.17) is 0 Å². The molecule has 2 aromatic carbocycles. The second kappa shape index (κ2) is 6.26. The first-order valence-corrected chi connectivity index (χ1v) is 9.26. The molecule has 0 aromatic heterocycles. The molecule has 5 heteroatoms. The lowest BCUT2D eigenvalue weighted by Crippen LogP contribution is -2.30. The van der Waals surface area contributed by atoms with E-state index in [1.54, 1.807) is 36.4 Å². The molecule has 2 aromatic rings. The van der Waals surface area contributed by atoms with E-state index < -0.39 is 10.0 Å². The average Bonchev–Trinajstić information content (AvgIpc) is 2.54. The summed E-state index contributed by atoms with van der Waals surface area (Å²) in [6, 6.07) is 9.93. The van der Waals surface area contributed by atoms with Crippen LogP contribution in [0.5, 0.6) is 5.75 Å². The van der Waals surface area contributed by atoms with E-state index in [9.17, 15) is 13.5 Å². The van der Waals surface area contributed by atoms with Gasteiger partial charge >= 0.3 is 0 Å². The summed E-state index contributed by atoms with van der Waals surface area (Å²) in [5, 5.41) is 11.0. The van der Waals surface area contributed by atoms with Crippen molar-refractivity contribution in [2.24, 2.45) is 5.92 Å². The number of benzene rings is 2. The Morgan fingerprint density at radius 3 is 2.45 bits per heavy atom. The number of rotatable bonds is 4. The minimum atomic E-state index is -3.56. The van der Waals surface area contributed by atoms with Crippen LogP contribution in [0.1, 0.15) is 32.1 Å². The summed E-state index contributed by atoms with van der Waals surface area (Å²) < 4.78 is 28.0. The van der Waals surface area contributed by atoms with Crippen molar-refractivity contribution >= 4 is 20.8 Å². The number of fused-ring (bicyclic) bond motifs is 1. The molecule has 0 aliphatic heterocycles. The van der Waals surface area contributed by atoms with Crippen LogP contribution in [0.2, 0.25) is 0 Å². The molecule has 4 nitrogen and oxygen atoms in total. The number of sulfonamides is 1. The van der Waals surface area contributed by atoms with Crippen molar-refractivity contribution < 1.29 is 13.5 Å². The fourth-order valence-corrected chi connectivity index (χ4v) is 4.53. The third kappa shape index (κ3) is 3.10. The van der Waals surface area contributed by atoms with Crippen LogP contribution >= 0.6 is 0 Å². The van der Waals surface area contributed by atoms with Gasteiger partial charge in [-0.05, 0) is 30.9 Å². The van der Waals surface area contributed by atoms with E-state index >= 15 is 0 Å². The third-order valence-electron chi connectivity index (χ3n) is 4.44. The number of phenols is 1. The van der Waals surface area contributed by atoms with E-state index in [2.05, 4.69) is 4.72 Å². The first-order chi connectivity index (χ1) is 10.6. The van der Waals surface area contributed by atoms with Gasteiger partial charge in [0.2, 0.25) is 10.0 Å². The predicted molar refractivity (Wildman–Crippen MR) is 87.4 cm³/mol. The van der Waals surface area contributed by atoms with Gasteiger partial charge in [-0.3, -0.25) is 0 Å².